The molecule has 0 atom stereocenters. The third kappa shape index (κ3) is 3.32. The van der Waals surface area contributed by atoms with Crippen molar-refractivity contribution >= 4 is 5.97 Å². The fourth-order valence-corrected chi connectivity index (χ4v) is 1.36. The van der Waals surface area contributed by atoms with E-state index < -0.39 is 0 Å². The molecule has 13 heavy (non-hydrogen) atoms. The zero-order valence-electron chi connectivity index (χ0n) is 8.26. The molecule has 0 radical (unpaired) electrons. The average Bonchev–Trinajstić information content (AvgIpc) is 2.15. The molecule has 1 fully saturated rings. The molecule has 1 saturated heterocycles. The maximum absolute atomic E-state index is 10.9. The highest BCUT2D eigenvalue weighted by Crippen LogP contribution is 2.19. The minimum atomic E-state index is -0.215. The molecule has 0 aromatic rings. The summed E-state index contributed by atoms with van der Waals surface area (Å²) in [5, 5.41) is 3.19. The summed E-state index contributed by atoms with van der Waals surface area (Å²) in [6.45, 7) is 3.93. The molecule has 0 amide bonds. The van der Waals surface area contributed by atoms with Crippen molar-refractivity contribution in [1.82, 2.24) is 5.32 Å². The molecule has 0 aliphatic carbocycles. The Morgan fingerprint density at radius 3 is 2.69 bits per heavy atom. The van der Waals surface area contributed by atoms with Gasteiger partial charge in [-0.1, -0.05) is 0 Å². The van der Waals surface area contributed by atoms with Crippen LogP contribution in [0.3, 0.4) is 0 Å². The second-order valence-corrected chi connectivity index (χ2v) is 3.60. The van der Waals surface area contributed by atoms with E-state index in [4.69, 9.17) is 4.74 Å². The number of nitrogens with one attached hydrogen (secondary N) is 1. The van der Waals surface area contributed by atoms with Gasteiger partial charge in [-0.25, -0.2) is 0 Å². The fraction of sp³-hybridized carbons (Fsp3) is 0.889. The summed E-state index contributed by atoms with van der Waals surface area (Å²) in [6, 6.07) is 0. The van der Waals surface area contributed by atoms with Gasteiger partial charge in [0.1, 0.15) is 0 Å². The van der Waals surface area contributed by atoms with E-state index in [-0.39, 0.29) is 18.1 Å². The Balaban J connectivity index is 2.28. The summed E-state index contributed by atoms with van der Waals surface area (Å²) >= 11 is 0. The minimum absolute atomic E-state index is 0.0342. The van der Waals surface area contributed by atoms with E-state index in [2.05, 4.69) is 17.0 Å². The average molecular weight is 187 g/mol. The number of hydrogen-bond donors (Lipinski definition) is 1. The van der Waals surface area contributed by atoms with Crippen LogP contribution < -0.4 is 5.32 Å². The van der Waals surface area contributed by atoms with Crippen LogP contribution in [0.25, 0.3) is 0 Å². The molecule has 76 valence electrons. The van der Waals surface area contributed by atoms with Crippen LogP contribution in [0.5, 0.6) is 0 Å². The highest BCUT2D eigenvalue weighted by Gasteiger charge is 2.27. The summed E-state index contributed by atoms with van der Waals surface area (Å²) < 4.78 is 9.80. The molecule has 0 aromatic carbocycles. The predicted molar refractivity (Wildman–Crippen MR) is 48.5 cm³/mol. The van der Waals surface area contributed by atoms with Crippen molar-refractivity contribution in [2.24, 2.45) is 0 Å². The molecule has 0 saturated carbocycles. The van der Waals surface area contributed by atoms with Crippen LogP contribution in [0.4, 0.5) is 0 Å². The Hall–Kier alpha value is -0.610. The standard InChI is InChI=1S/C9H17NO3/c1-9(3-5-13-6-4-9)10-7-8(11)12-2/h10H,3-7H2,1-2H3. The SMILES string of the molecule is COC(=O)CNC1(C)CCOCC1. The quantitative estimate of drug-likeness (QED) is 0.646. The molecule has 1 rings (SSSR count). The monoisotopic (exact) mass is 187 g/mol. The number of rotatable bonds is 3. The van der Waals surface area contributed by atoms with Gasteiger partial charge in [0.2, 0.25) is 0 Å². The molecule has 0 bridgehead atoms. The van der Waals surface area contributed by atoms with Crippen LogP contribution in [0.2, 0.25) is 0 Å². The summed E-state index contributed by atoms with van der Waals surface area (Å²) in [6.07, 6.45) is 1.90. The Morgan fingerprint density at radius 2 is 2.15 bits per heavy atom. The predicted octanol–water partition coefficient (Wildman–Crippen LogP) is 0.318. The molecule has 1 aliphatic heterocycles. The molecule has 0 spiro atoms. The zero-order valence-corrected chi connectivity index (χ0v) is 8.26. The Morgan fingerprint density at radius 1 is 1.54 bits per heavy atom. The van der Waals surface area contributed by atoms with Crippen molar-refractivity contribution in [3.8, 4) is 0 Å². The van der Waals surface area contributed by atoms with Gasteiger partial charge in [0.15, 0.2) is 0 Å². The molecule has 1 N–H and O–H groups in total. The lowest BCUT2D eigenvalue weighted by Crippen LogP contribution is -2.48. The van der Waals surface area contributed by atoms with Gasteiger partial charge < -0.3 is 14.8 Å². The Bertz CT molecular complexity index is 176. The number of hydrogen-bond acceptors (Lipinski definition) is 4. The lowest BCUT2D eigenvalue weighted by Gasteiger charge is -2.34. The largest absolute Gasteiger partial charge is 0.468 e. The molecular formula is C9H17NO3. The second-order valence-electron chi connectivity index (χ2n) is 3.60. The normalized spacial score (nSPS) is 21.1. The highest BCUT2D eigenvalue weighted by atomic mass is 16.5. The molecule has 0 unspecified atom stereocenters. The molecule has 1 aliphatic rings. The highest BCUT2D eigenvalue weighted by molar-refractivity contribution is 5.71. The first-order valence-corrected chi connectivity index (χ1v) is 4.56. The summed E-state index contributed by atoms with van der Waals surface area (Å²) in [7, 11) is 1.40. The number of methoxy groups -OCH3 is 1. The van der Waals surface area contributed by atoms with Crippen LogP contribution in [0.15, 0.2) is 0 Å². The van der Waals surface area contributed by atoms with Gasteiger partial charge in [0, 0.05) is 18.8 Å². The first-order chi connectivity index (χ1) is 6.16. The lowest BCUT2D eigenvalue weighted by molar-refractivity contribution is -0.140. The van der Waals surface area contributed by atoms with E-state index in [0.29, 0.717) is 0 Å². The second kappa shape index (κ2) is 4.58. The smallest absolute Gasteiger partial charge is 0.319 e. The Labute approximate surface area is 78.6 Å². The number of esters is 1. The van der Waals surface area contributed by atoms with E-state index >= 15 is 0 Å². The topological polar surface area (TPSA) is 47.6 Å². The van der Waals surface area contributed by atoms with Crippen LogP contribution in [-0.2, 0) is 14.3 Å². The third-order valence-corrected chi connectivity index (χ3v) is 2.48. The van der Waals surface area contributed by atoms with Gasteiger partial charge in [-0.3, -0.25) is 4.79 Å². The number of carbonyl (C=O) groups is 1. The summed E-state index contributed by atoms with van der Waals surface area (Å²) in [4.78, 5) is 10.9. The molecular weight excluding hydrogens is 170 g/mol. The number of carbonyl (C=O) groups excluding carboxylic acids is 1. The summed E-state index contributed by atoms with van der Waals surface area (Å²) in [5.41, 5.74) is 0.0342. The van der Waals surface area contributed by atoms with E-state index in [1.807, 2.05) is 0 Å². The van der Waals surface area contributed by atoms with E-state index in [1.165, 1.54) is 7.11 Å². The first-order valence-electron chi connectivity index (χ1n) is 4.56. The van der Waals surface area contributed by atoms with Gasteiger partial charge in [-0.2, -0.15) is 0 Å². The van der Waals surface area contributed by atoms with E-state index in [0.717, 1.165) is 26.1 Å². The van der Waals surface area contributed by atoms with Crippen molar-refractivity contribution < 1.29 is 14.3 Å². The lowest BCUT2D eigenvalue weighted by atomic mass is 9.92. The first kappa shape index (κ1) is 10.5. The van der Waals surface area contributed by atoms with Gasteiger partial charge in [-0.05, 0) is 19.8 Å². The van der Waals surface area contributed by atoms with E-state index in [9.17, 15) is 4.79 Å². The zero-order chi connectivity index (χ0) is 9.73. The van der Waals surface area contributed by atoms with Crippen LogP contribution in [0, 0.1) is 0 Å². The van der Waals surface area contributed by atoms with Gasteiger partial charge in [-0.15, -0.1) is 0 Å². The van der Waals surface area contributed by atoms with E-state index in [1.54, 1.807) is 0 Å². The molecule has 1 heterocycles. The van der Waals surface area contributed by atoms with Crippen molar-refractivity contribution in [1.29, 1.82) is 0 Å². The fourth-order valence-electron chi connectivity index (χ4n) is 1.36. The molecule has 4 nitrogen and oxygen atoms in total. The van der Waals surface area contributed by atoms with Gasteiger partial charge >= 0.3 is 5.97 Å². The number of ether oxygens (including phenoxy) is 2. The van der Waals surface area contributed by atoms with Crippen molar-refractivity contribution in [3.63, 3.8) is 0 Å². The third-order valence-electron chi connectivity index (χ3n) is 2.48. The van der Waals surface area contributed by atoms with Crippen LogP contribution >= 0.6 is 0 Å². The summed E-state index contributed by atoms with van der Waals surface area (Å²) in [5.74, 6) is -0.215. The van der Waals surface area contributed by atoms with Gasteiger partial charge in [0.05, 0.1) is 13.7 Å². The molecule has 4 heteroatoms. The maximum Gasteiger partial charge on any atom is 0.319 e. The van der Waals surface area contributed by atoms with Crippen LogP contribution in [0.1, 0.15) is 19.8 Å². The van der Waals surface area contributed by atoms with Crippen molar-refractivity contribution in [3.05, 3.63) is 0 Å². The molecule has 0 aromatic heterocycles. The van der Waals surface area contributed by atoms with Crippen molar-refractivity contribution in [2.45, 2.75) is 25.3 Å². The maximum atomic E-state index is 10.9. The van der Waals surface area contributed by atoms with Crippen LogP contribution in [-0.4, -0.2) is 38.4 Å². The van der Waals surface area contributed by atoms with Crippen molar-refractivity contribution in [2.75, 3.05) is 26.9 Å². The Kier molecular flexibility index (Phi) is 3.69. The van der Waals surface area contributed by atoms with Gasteiger partial charge in [0.25, 0.3) is 0 Å². The minimum Gasteiger partial charge on any atom is -0.468 e.